The van der Waals surface area contributed by atoms with Crippen molar-refractivity contribution >= 4 is 34.2 Å². The molecule has 0 spiro atoms. The molecule has 0 saturated carbocycles. The fourth-order valence-electron chi connectivity index (χ4n) is 3.08. The lowest BCUT2D eigenvalue weighted by atomic mass is 10.1. The van der Waals surface area contributed by atoms with E-state index in [4.69, 9.17) is 0 Å². The molecule has 0 fully saturated rings. The van der Waals surface area contributed by atoms with Crippen LogP contribution in [0.4, 0.5) is 5.69 Å². The van der Waals surface area contributed by atoms with Crippen LogP contribution in [0, 0.1) is 6.92 Å². The number of fused-ring (bicyclic) bond motifs is 1. The molecule has 2 heterocycles. The van der Waals surface area contributed by atoms with Gasteiger partial charge in [-0.25, -0.2) is 0 Å². The van der Waals surface area contributed by atoms with Gasteiger partial charge in [0.1, 0.15) is 0 Å². The van der Waals surface area contributed by atoms with Crippen molar-refractivity contribution < 1.29 is 4.79 Å². The minimum atomic E-state index is 0.00273. The Labute approximate surface area is 151 Å². The second-order valence-electron chi connectivity index (χ2n) is 6.23. The number of carbonyl (C=O) groups is 1. The first kappa shape index (κ1) is 16.0. The van der Waals surface area contributed by atoms with E-state index in [1.165, 1.54) is 11.3 Å². The van der Waals surface area contributed by atoms with Crippen molar-refractivity contribution in [3.05, 3.63) is 70.6 Å². The van der Waals surface area contributed by atoms with E-state index in [0.29, 0.717) is 6.42 Å². The number of anilines is 1. The summed E-state index contributed by atoms with van der Waals surface area (Å²) < 4.78 is 0. The Bertz CT molecular complexity index is 871. The zero-order valence-electron chi connectivity index (χ0n) is 14.0. The Kier molecular flexibility index (Phi) is 4.32. The molecule has 1 N–H and O–H groups in total. The van der Waals surface area contributed by atoms with Crippen molar-refractivity contribution in [1.82, 2.24) is 4.90 Å². The van der Waals surface area contributed by atoms with E-state index >= 15 is 0 Å². The summed E-state index contributed by atoms with van der Waals surface area (Å²) in [6.45, 7) is 3.85. The minimum Gasteiger partial charge on any atom is -0.326 e. The zero-order chi connectivity index (χ0) is 17.2. The predicted octanol–water partition coefficient (Wildman–Crippen LogP) is 3.89. The Balaban J connectivity index is 1.41. The molecule has 2 aliphatic heterocycles. The summed E-state index contributed by atoms with van der Waals surface area (Å²) in [4.78, 5) is 19.0. The molecular formula is C20H19N3OS. The molecule has 0 atom stereocenters. The topological polar surface area (TPSA) is 44.7 Å². The van der Waals surface area contributed by atoms with Gasteiger partial charge in [0, 0.05) is 17.6 Å². The molecule has 2 aromatic rings. The number of nitrogens with zero attached hydrogens (tertiary/aromatic N) is 2. The predicted molar refractivity (Wildman–Crippen MR) is 105 cm³/mol. The highest BCUT2D eigenvalue weighted by atomic mass is 32.2. The van der Waals surface area contributed by atoms with Crippen molar-refractivity contribution in [2.75, 3.05) is 18.4 Å². The Hall–Kier alpha value is -2.53. The van der Waals surface area contributed by atoms with Gasteiger partial charge in [0.15, 0.2) is 5.17 Å². The Morgan fingerprint density at radius 1 is 1.24 bits per heavy atom. The molecule has 4 rings (SSSR count). The maximum absolute atomic E-state index is 12.2. The number of rotatable bonds is 4. The normalized spacial score (nSPS) is 15.6. The van der Waals surface area contributed by atoms with Crippen LogP contribution >= 0.6 is 11.8 Å². The zero-order valence-corrected chi connectivity index (χ0v) is 14.8. The second-order valence-corrected chi connectivity index (χ2v) is 7.06. The lowest BCUT2D eigenvalue weighted by molar-refractivity contribution is -0.115. The molecule has 0 saturated heterocycles. The van der Waals surface area contributed by atoms with Crippen LogP contribution in [0.15, 0.2) is 58.9 Å². The largest absolute Gasteiger partial charge is 0.326 e. The van der Waals surface area contributed by atoms with Gasteiger partial charge in [0.2, 0.25) is 5.91 Å². The van der Waals surface area contributed by atoms with Crippen LogP contribution in [0.3, 0.4) is 0 Å². The average Bonchev–Trinajstić information content (AvgIpc) is 3.19. The molecule has 0 radical (unpaired) electrons. The average molecular weight is 349 g/mol. The van der Waals surface area contributed by atoms with Gasteiger partial charge in [-0.3, -0.25) is 9.79 Å². The number of carbonyl (C=O) groups excluding carboxylic acids is 1. The van der Waals surface area contributed by atoms with Gasteiger partial charge in [-0.05, 0) is 30.2 Å². The first-order valence-electron chi connectivity index (χ1n) is 8.34. The van der Waals surface area contributed by atoms with Crippen LogP contribution in [0.25, 0.3) is 5.70 Å². The standard InChI is InChI=1S/C20H19N3OS/c1-14-3-2-4-15(11-14)12-19(24)22-17-7-5-16(6-8-17)18-13-25-20-21-9-10-23(18)20/h2-8,11,13H,9-10,12H2,1H3,(H,22,24). The SMILES string of the molecule is Cc1cccc(CC(=O)Nc2ccc(C3=CSC4=NCCN34)cc2)c1. The molecule has 0 aromatic heterocycles. The maximum atomic E-state index is 12.2. The highest BCUT2D eigenvalue weighted by Crippen LogP contribution is 2.35. The van der Waals surface area contributed by atoms with E-state index in [0.717, 1.165) is 35.1 Å². The molecule has 5 heteroatoms. The third-order valence-corrected chi connectivity index (χ3v) is 5.18. The number of benzene rings is 2. The molecular weight excluding hydrogens is 330 g/mol. The van der Waals surface area contributed by atoms with Crippen molar-refractivity contribution in [2.45, 2.75) is 13.3 Å². The van der Waals surface area contributed by atoms with E-state index in [1.807, 2.05) is 43.3 Å². The summed E-state index contributed by atoms with van der Waals surface area (Å²) in [5, 5.41) is 6.20. The fourth-order valence-corrected chi connectivity index (χ4v) is 4.05. The monoisotopic (exact) mass is 349 g/mol. The number of aliphatic imine (C=N–C) groups is 1. The third kappa shape index (κ3) is 3.46. The van der Waals surface area contributed by atoms with Gasteiger partial charge in [-0.15, -0.1) is 0 Å². The van der Waals surface area contributed by atoms with E-state index in [2.05, 4.69) is 32.7 Å². The maximum Gasteiger partial charge on any atom is 0.228 e. The molecule has 0 unspecified atom stereocenters. The van der Waals surface area contributed by atoms with Crippen LogP contribution < -0.4 is 5.32 Å². The second kappa shape index (κ2) is 6.76. The van der Waals surface area contributed by atoms with E-state index in [-0.39, 0.29) is 5.91 Å². The van der Waals surface area contributed by atoms with Gasteiger partial charge in [-0.2, -0.15) is 0 Å². The van der Waals surface area contributed by atoms with Gasteiger partial charge in [0.05, 0.1) is 18.7 Å². The number of hydrogen-bond acceptors (Lipinski definition) is 4. The molecule has 0 aliphatic carbocycles. The first-order valence-corrected chi connectivity index (χ1v) is 9.22. The molecule has 2 aromatic carbocycles. The number of nitrogens with one attached hydrogen (secondary N) is 1. The summed E-state index contributed by atoms with van der Waals surface area (Å²) in [5.41, 5.74) is 5.36. The lowest BCUT2D eigenvalue weighted by Gasteiger charge is -2.16. The highest BCUT2D eigenvalue weighted by Gasteiger charge is 2.26. The van der Waals surface area contributed by atoms with E-state index < -0.39 is 0 Å². The number of aryl methyl sites for hydroxylation is 1. The quantitative estimate of drug-likeness (QED) is 0.911. The summed E-state index contributed by atoms with van der Waals surface area (Å²) in [7, 11) is 0. The number of thioether (sulfide) groups is 1. The van der Waals surface area contributed by atoms with Crippen molar-refractivity contribution in [2.24, 2.45) is 4.99 Å². The number of hydrogen-bond donors (Lipinski definition) is 1. The molecule has 25 heavy (non-hydrogen) atoms. The summed E-state index contributed by atoms with van der Waals surface area (Å²) in [6.07, 6.45) is 0.388. The molecule has 1 amide bonds. The van der Waals surface area contributed by atoms with Gasteiger partial charge >= 0.3 is 0 Å². The number of amidine groups is 1. The van der Waals surface area contributed by atoms with Gasteiger partial charge in [-0.1, -0.05) is 53.7 Å². The number of amides is 1. The van der Waals surface area contributed by atoms with Crippen LogP contribution in [0.5, 0.6) is 0 Å². The van der Waals surface area contributed by atoms with Crippen LogP contribution in [-0.4, -0.2) is 29.1 Å². The molecule has 126 valence electrons. The van der Waals surface area contributed by atoms with Crippen LogP contribution in [0.1, 0.15) is 16.7 Å². The van der Waals surface area contributed by atoms with Gasteiger partial charge < -0.3 is 10.2 Å². The van der Waals surface area contributed by atoms with Crippen molar-refractivity contribution in [3.63, 3.8) is 0 Å². The molecule has 0 bridgehead atoms. The summed E-state index contributed by atoms with van der Waals surface area (Å²) in [5.74, 6) is 0.00273. The van der Waals surface area contributed by atoms with Crippen molar-refractivity contribution in [1.29, 1.82) is 0 Å². The minimum absolute atomic E-state index is 0.00273. The van der Waals surface area contributed by atoms with Gasteiger partial charge in [0.25, 0.3) is 0 Å². The fraction of sp³-hybridized carbons (Fsp3) is 0.200. The first-order chi connectivity index (χ1) is 12.2. The third-order valence-electron chi connectivity index (χ3n) is 4.28. The lowest BCUT2D eigenvalue weighted by Crippen LogP contribution is -2.19. The Morgan fingerprint density at radius 3 is 2.88 bits per heavy atom. The molecule has 4 nitrogen and oxygen atoms in total. The van der Waals surface area contributed by atoms with E-state index in [9.17, 15) is 4.79 Å². The molecule has 2 aliphatic rings. The van der Waals surface area contributed by atoms with Crippen LogP contribution in [0.2, 0.25) is 0 Å². The van der Waals surface area contributed by atoms with Crippen LogP contribution in [-0.2, 0) is 11.2 Å². The Morgan fingerprint density at radius 2 is 2.08 bits per heavy atom. The van der Waals surface area contributed by atoms with Crippen molar-refractivity contribution in [3.8, 4) is 0 Å². The summed E-state index contributed by atoms with van der Waals surface area (Å²) in [6, 6.07) is 16.1. The smallest absolute Gasteiger partial charge is 0.228 e. The summed E-state index contributed by atoms with van der Waals surface area (Å²) >= 11 is 1.68. The van der Waals surface area contributed by atoms with E-state index in [1.54, 1.807) is 11.8 Å². The highest BCUT2D eigenvalue weighted by molar-refractivity contribution is 8.16.